The molecule has 2 heterocycles. The van der Waals surface area contributed by atoms with Gasteiger partial charge < -0.3 is 10.2 Å². The Bertz CT molecular complexity index is 657. The van der Waals surface area contributed by atoms with E-state index >= 15 is 0 Å². The van der Waals surface area contributed by atoms with Crippen LogP contribution < -0.4 is 5.32 Å². The molecule has 0 bridgehead atoms. The van der Waals surface area contributed by atoms with E-state index in [2.05, 4.69) is 20.4 Å². The molecule has 0 amide bonds. The Labute approximate surface area is 109 Å². The minimum atomic E-state index is -0.252. The van der Waals surface area contributed by atoms with Crippen molar-refractivity contribution < 1.29 is 9.23 Å². The summed E-state index contributed by atoms with van der Waals surface area (Å²) in [7, 11) is 0. The van der Waals surface area contributed by atoms with Gasteiger partial charge in [-0.15, -0.1) is 0 Å². The molecule has 0 radical (unpaired) electrons. The van der Waals surface area contributed by atoms with Crippen LogP contribution in [0.2, 0.25) is 0 Å². The Kier molecular flexibility index (Phi) is 2.83. The number of oxime groups is 1. The first-order valence-electron chi connectivity index (χ1n) is 5.77. The predicted molar refractivity (Wildman–Crippen MR) is 67.8 cm³/mol. The van der Waals surface area contributed by atoms with Crippen LogP contribution in [0.25, 0.3) is 11.3 Å². The van der Waals surface area contributed by atoms with Gasteiger partial charge in [0.2, 0.25) is 0 Å². The predicted octanol–water partition coefficient (Wildman–Crippen LogP) is 1.83. The summed E-state index contributed by atoms with van der Waals surface area (Å²) in [4.78, 5) is 13.1. The number of nitrogens with one attached hydrogen (secondary N) is 1. The number of aryl methyl sites for hydroxylation is 1. The smallest absolute Gasteiger partial charge is 0.194 e. The van der Waals surface area contributed by atoms with Crippen molar-refractivity contribution in [3.05, 3.63) is 47.7 Å². The van der Waals surface area contributed by atoms with Gasteiger partial charge in [0.05, 0.1) is 5.69 Å². The average Bonchev–Trinajstić information content (AvgIpc) is 2.96. The molecule has 0 aliphatic carbocycles. The number of amidine groups is 1. The van der Waals surface area contributed by atoms with Crippen molar-refractivity contribution in [2.24, 2.45) is 5.16 Å². The van der Waals surface area contributed by atoms with E-state index in [1.807, 2.05) is 6.07 Å². The lowest BCUT2D eigenvalue weighted by atomic mass is 10.1. The van der Waals surface area contributed by atoms with Crippen LogP contribution in [0.15, 0.2) is 35.7 Å². The summed E-state index contributed by atoms with van der Waals surface area (Å²) in [5.74, 6) is 0.300. The summed E-state index contributed by atoms with van der Waals surface area (Å²) < 4.78 is 13.6. The quantitative estimate of drug-likeness (QED) is 0.892. The van der Waals surface area contributed by atoms with E-state index in [1.165, 1.54) is 12.4 Å². The van der Waals surface area contributed by atoms with Gasteiger partial charge in [0.15, 0.2) is 12.6 Å². The molecular formula is C13H11FN4O. The van der Waals surface area contributed by atoms with Gasteiger partial charge in [-0.3, -0.25) is 0 Å². The third-order valence-electron chi connectivity index (χ3n) is 2.84. The summed E-state index contributed by atoms with van der Waals surface area (Å²) in [6.07, 6.45) is 1.42. The molecule has 19 heavy (non-hydrogen) atoms. The molecule has 1 aromatic carbocycles. The van der Waals surface area contributed by atoms with Crippen molar-refractivity contribution in [1.82, 2.24) is 15.3 Å². The van der Waals surface area contributed by atoms with Crippen molar-refractivity contribution in [3.8, 4) is 11.3 Å². The van der Waals surface area contributed by atoms with E-state index in [9.17, 15) is 4.39 Å². The summed E-state index contributed by atoms with van der Waals surface area (Å²) in [5, 5.41) is 6.75. The maximum absolute atomic E-state index is 13.6. The fourth-order valence-electron chi connectivity index (χ4n) is 1.76. The zero-order valence-corrected chi connectivity index (χ0v) is 10.2. The monoisotopic (exact) mass is 258 g/mol. The first kappa shape index (κ1) is 11.6. The van der Waals surface area contributed by atoms with Crippen molar-refractivity contribution in [3.63, 3.8) is 0 Å². The van der Waals surface area contributed by atoms with E-state index in [1.54, 1.807) is 19.1 Å². The molecule has 0 saturated heterocycles. The van der Waals surface area contributed by atoms with Crippen LogP contribution in [0.5, 0.6) is 0 Å². The third-order valence-corrected chi connectivity index (χ3v) is 2.84. The molecular weight excluding hydrogens is 247 g/mol. The summed E-state index contributed by atoms with van der Waals surface area (Å²) in [6, 6.07) is 6.75. The molecule has 6 heteroatoms. The number of hydrogen-bond donors (Lipinski definition) is 1. The topological polar surface area (TPSA) is 59.4 Å². The Hall–Kier alpha value is -2.50. The van der Waals surface area contributed by atoms with Crippen LogP contribution in [0.1, 0.15) is 11.3 Å². The van der Waals surface area contributed by atoms with Crippen molar-refractivity contribution in [2.75, 3.05) is 6.73 Å². The minimum Gasteiger partial charge on any atom is -0.372 e. The van der Waals surface area contributed by atoms with Gasteiger partial charge >= 0.3 is 0 Å². The van der Waals surface area contributed by atoms with E-state index in [-0.39, 0.29) is 5.82 Å². The molecule has 3 rings (SSSR count). The first-order chi connectivity index (χ1) is 9.24. The Morgan fingerprint density at radius 2 is 2.05 bits per heavy atom. The fraction of sp³-hybridized carbons (Fsp3) is 0.154. The van der Waals surface area contributed by atoms with Gasteiger partial charge in [0.25, 0.3) is 0 Å². The zero-order valence-electron chi connectivity index (χ0n) is 10.2. The summed E-state index contributed by atoms with van der Waals surface area (Å²) >= 11 is 0. The number of nitrogens with zero attached hydrogens (tertiary/aromatic N) is 3. The molecule has 1 N–H and O–H groups in total. The van der Waals surface area contributed by atoms with Gasteiger partial charge in [-0.05, 0) is 24.6 Å². The lowest BCUT2D eigenvalue weighted by Crippen LogP contribution is -2.20. The van der Waals surface area contributed by atoms with E-state index in [4.69, 9.17) is 4.84 Å². The second-order valence-electron chi connectivity index (χ2n) is 4.14. The number of aromatic nitrogens is 2. The van der Waals surface area contributed by atoms with Crippen LogP contribution in [0.4, 0.5) is 4.39 Å². The van der Waals surface area contributed by atoms with E-state index < -0.39 is 0 Å². The SMILES string of the molecule is Cc1ccc(-c2cc(C3=NOCN3)ncn2)cc1F. The number of benzene rings is 1. The molecule has 0 atom stereocenters. The maximum atomic E-state index is 13.6. The van der Waals surface area contributed by atoms with Crippen LogP contribution >= 0.6 is 0 Å². The lowest BCUT2D eigenvalue weighted by Gasteiger charge is -2.04. The molecule has 0 spiro atoms. The molecule has 2 aromatic rings. The highest BCUT2D eigenvalue weighted by atomic mass is 19.1. The van der Waals surface area contributed by atoms with Crippen molar-refractivity contribution >= 4 is 5.84 Å². The fourth-order valence-corrected chi connectivity index (χ4v) is 1.76. The summed E-state index contributed by atoms with van der Waals surface area (Å²) in [6.45, 7) is 2.05. The van der Waals surface area contributed by atoms with Crippen molar-refractivity contribution in [1.29, 1.82) is 0 Å². The highest BCUT2D eigenvalue weighted by Crippen LogP contribution is 2.20. The highest BCUT2D eigenvalue weighted by molar-refractivity contribution is 5.97. The van der Waals surface area contributed by atoms with Gasteiger partial charge in [-0.25, -0.2) is 14.4 Å². The largest absolute Gasteiger partial charge is 0.372 e. The zero-order chi connectivity index (χ0) is 13.2. The highest BCUT2D eigenvalue weighted by Gasteiger charge is 2.12. The molecule has 1 aliphatic rings. The van der Waals surface area contributed by atoms with Gasteiger partial charge in [-0.1, -0.05) is 17.3 Å². The van der Waals surface area contributed by atoms with Crippen LogP contribution in [-0.2, 0) is 4.84 Å². The van der Waals surface area contributed by atoms with Crippen LogP contribution in [0, 0.1) is 12.7 Å². The maximum Gasteiger partial charge on any atom is 0.194 e. The van der Waals surface area contributed by atoms with Gasteiger partial charge in [0, 0.05) is 5.56 Å². The van der Waals surface area contributed by atoms with Crippen LogP contribution in [0.3, 0.4) is 0 Å². The number of rotatable bonds is 2. The third kappa shape index (κ3) is 2.24. The van der Waals surface area contributed by atoms with Crippen LogP contribution in [-0.4, -0.2) is 22.5 Å². The van der Waals surface area contributed by atoms with E-state index in [0.717, 1.165) is 0 Å². The molecule has 0 saturated carbocycles. The van der Waals surface area contributed by atoms with Gasteiger partial charge in [-0.2, -0.15) is 0 Å². The normalized spacial score (nSPS) is 13.7. The molecule has 0 unspecified atom stereocenters. The lowest BCUT2D eigenvalue weighted by molar-refractivity contribution is 0.164. The second-order valence-corrected chi connectivity index (χ2v) is 4.14. The Morgan fingerprint density at radius 1 is 1.21 bits per heavy atom. The minimum absolute atomic E-state index is 0.252. The van der Waals surface area contributed by atoms with Gasteiger partial charge in [0.1, 0.15) is 17.8 Å². The second kappa shape index (κ2) is 4.64. The van der Waals surface area contributed by atoms with E-state index in [0.29, 0.717) is 35.1 Å². The molecule has 5 nitrogen and oxygen atoms in total. The number of hydrogen-bond acceptors (Lipinski definition) is 5. The average molecular weight is 258 g/mol. The Balaban J connectivity index is 2.00. The Morgan fingerprint density at radius 3 is 2.79 bits per heavy atom. The standard InChI is InChI=1S/C13H11FN4O/c1-8-2-3-9(4-10(8)14)11-5-12(16-6-15-11)13-17-7-19-18-13/h2-6H,7H2,1H3,(H,17,18). The molecule has 1 aliphatic heterocycles. The number of halogens is 1. The molecule has 0 fully saturated rings. The first-order valence-corrected chi connectivity index (χ1v) is 5.77. The van der Waals surface area contributed by atoms with Crippen molar-refractivity contribution in [2.45, 2.75) is 6.92 Å². The molecule has 1 aromatic heterocycles. The summed E-state index contributed by atoms with van der Waals surface area (Å²) in [5.41, 5.74) is 2.56. The molecule has 96 valence electrons.